The normalized spacial score (nSPS) is 15.3. The molecule has 0 unspecified atom stereocenters. The van der Waals surface area contributed by atoms with E-state index < -0.39 is 60.7 Å². The Morgan fingerprint density at radius 3 is 1.38 bits per heavy atom. The number of halogens is 15. The molecular weight excluding hydrogens is 461 g/mol. The topological polar surface area (TPSA) is 26.3 Å². The molecule has 0 saturated carbocycles. The van der Waals surface area contributed by atoms with Gasteiger partial charge in [0.2, 0.25) is 0 Å². The summed E-state index contributed by atoms with van der Waals surface area (Å²) in [5, 5.41) is 0. The van der Waals surface area contributed by atoms with Crippen LogP contribution in [0.25, 0.3) is 0 Å². The summed E-state index contributed by atoms with van der Waals surface area (Å²) in [7, 11) is 0. The molecular formula is C12H7F15O2. The molecule has 0 aromatic rings. The van der Waals surface area contributed by atoms with Crippen molar-refractivity contribution < 1.29 is 75.4 Å². The van der Waals surface area contributed by atoms with E-state index in [4.69, 9.17) is 0 Å². The van der Waals surface area contributed by atoms with Crippen LogP contribution in [-0.2, 0) is 9.53 Å². The first-order chi connectivity index (χ1) is 12.4. The van der Waals surface area contributed by atoms with Crippen LogP contribution in [0, 0.1) is 0 Å². The maximum Gasteiger partial charge on any atom is 0.473 e. The minimum absolute atomic E-state index is 0.361. The molecule has 0 fully saturated rings. The van der Waals surface area contributed by atoms with E-state index in [0.29, 0.717) is 0 Å². The van der Waals surface area contributed by atoms with Gasteiger partial charge in [0.15, 0.2) is 0 Å². The van der Waals surface area contributed by atoms with Gasteiger partial charge < -0.3 is 4.74 Å². The summed E-state index contributed by atoms with van der Waals surface area (Å²) in [6.45, 7) is 2.35. The highest BCUT2D eigenvalue weighted by Crippen LogP contribution is 2.60. The molecule has 0 N–H and O–H groups in total. The van der Waals surface area contributed by atoms with Gasteiger partial charge in [0.1, 0.15) is 0 Å². The van der Waals surface area contributed by atoms with Gasteiger partial charge in [-0.1, -0.05) is 6.58 Å². The van der Waals surface area contributed by atoms with Crippen LogP contribution in [0.4, 0.5) is 65.9 Å². The third-order valence-electron chi connectivity index (χ3n) is 3.13. The number of hydrogen-bond donors (Lipinski definition) is 0. The second-order valence-corrected chi connectivity index (χ2v) is 5.26. The number of rotatable bonds is 9. The average Bonchev–Trinajstić information content (AvgIpc) is 2.50. The van der Waals surface area contributed by atoms with Crippen molar-refractivity contribution in [2.24, 2.45) is 0 Å². The zero-order chi connectivity index (χ0) is 23.9. The Morgan fingerprint density at radius 1 is 0.655 bits per heavy atom. The van der Waals surface area contributed by atoms with Crippen molar-refractivity contribution in [3.8, 4) is 0 Å². The molecule has 0 saturated heterocycles. The third kappa shape index (κ3) is 4.67. The van der Waals surface area contributed by atoms with Gasteiger partial charge >= 0.3 is 47.9 Å². The fraction of sp³-hybridized carbons (Fsp3) is 0.750. The Kier molecular flexibility index (Phi) is 6.97. The molecule has 0 radical (unpaired) electrons. The first-order valence-electron chi connectivity index (χ1n) is 6.60. The summed E-state index contributed by atoms with van der Waals surface area (Å²) in [5.41, 5.74) is 0. The largest absolute Gasteiger partial charge is 0.473 e. The highest BCUT2D eigenvalue weighted by atomic mass is 19.4. The van der Waals surface area contributed by atoms with Crippen LogP contribution in [0.1, 0.15) is 12.8 Å². The summed E-state index contributed by atoms with van der Waals surface area (Å²) in [6.07, 6.45) is -19.2. The summed E-state index contributed by atoms with van der Waals surface area (Å²) in [6, 6.07) is 0. The lowest BCUT2D eigenvalue weighted by atomic mass is 9.91. The Balaban J connectivity index is 6.22. The molecule has 0 atom stereocenters. The van der Waals surface area contributed by atoms with Crippen molar-refractivity contribution in [2.45, 2.75) is 54.7 Å². The molecule has 0 heterocycles. The molecule has 0 aliphatic carbocycles. The Labute approximate surface area is 150 Å². The van der Waals surface area contributed by atoms with Crippen LogP contribution in [0.5, 0.6) is 0 Å². The van der Waals surface area contributed by atoms with Gasteiger partial charge in [-0.25, -0.2) is 4.79 Å². The predicted octanol–water partition coefficient (Wildman–Crippen LogP) is 5.83. The molecule has 0 rings (SSSR count). The zero-order valence-corrected chi connectivity index (χ0v) is 13.2. The lowest BCUT2D eigenvalue weighted by molar-refractivity contribution is -0.451. The van der Waals surface area contributed by atoms with Gasteiger partial charge in [-0.3, -0.25) is 0 Å². The van der Waals surface area contributed by atoms with Gasteiger partial charge in [-0.15, -0.1) is 0 Å². The number of alkyl halides is 15. The van der Waals surface area contributed by atoms with Crippen molar-refractivity contribution >= 4 is 5.97 Å². The first-order valence-corrected chi connectivity index (χ1v) is 6.60. The molecule has 0 aliphatic rings. The average molecular weight is 468 g/mol. The molecule has 0 spiro atoms. The maximum atomic E-state index is 13.3. The van der Waals surface area contributed by atoms with Crippen molar-refractivity contribution in [3.05, 3.63) is 12.7 Å². The highest BCUT2D eigenvalue weighted by molar-refractivity contribution is 5.81. The fourth-order valence-corrected chi connectivity index (χ4v) is 1.49. The summed E-state index contributed by atoms with van der Waals surface area (Å²) >= 11 is 0. The van der Waals surface area contributed by atoms with E-state index in [9.17, 15) is 70.7 Å². The summed E-state index contributed by atoms with van der Waals surface area (Å²) < 4.78 is 196. The van der Waals surface area contributed by atoms with Gasteiger partial charge in [0, 0.05) is 18.9 Å². The highest BCUT2D eigenvalue weighted by Gasteiger charge is 2.91. The van der Waals surface area contributed by atoms with Crippen LogP contribution < -0.4 is 0 Å². The first kappa shape index (κ1) is 27.2. The lowest BCUT2D eigenvalue weighted by Gasteiger charge is -2.40. The van der Waals surface area contributed by atoms with Crippen molar-refractivity contribution in [1.29, 1.82) is 0 Å². The quantitative estimate of drug-likeness (QED) is 0.242. The third-order valence-corrected chi connectivity index (χ3v) is 3.13. The zero-order valence-electron chi connectivity index (χ0n) is 13.2. The van der Waals surface area contributed by atoms with E-state index in [0.717, 1.165) is 0 Å². The number of carbonyl (C=O) groups is 1. The number of esters is 1. The lowest BCUT2D eigenvalue weighted by Crippen LogP contribution is -2.71. The fourth-order valence-electron chi connectivity index (χ4n) is 1.49. The van der Waals surface area contributed by atoms with Crippen molar-refractivity contribution in [1.82, 2.24) is 0 Å². The number of carbonyl (C=O) groups excluding carboxylic acids is 1. The minimum atomic E-state index is -8.06. The molecule has 172 valence electrons. The standard InChI is InChI=1S/C12H7F15O2/c1-2-5(28)29-12(26,27)11(24,25)10(22,23)9(20,21)8(18,19)6(13,14)3-4-7(15,16)17/h2H,1,3-4H2. The van der Waals surface area contributed by atoms with E-state index in [-0.39, 0.29) is 6.08 Å². The van der Waals surface area contributed by atoms with Gasteiger partial charge in [-0.2, -0.15) is 65.9 Å². The minimum Gasteiger partial charge on any atom is -0.393 e. The Hall–Kier alpha value is -1.84. The maximum absolute atomic E-state index is 13.3. The second-order valence-electron chi connectivity index (χ2n) is 5.26. The molecule has 0 aliphatic heterocycles. The Morgan fingerprint density at radius 2 is 1.03 bits per heavy atom. The van der Waals surface area contributed by atoms with Crippen LogP contribution in [0.3, 0.4) is 0 Å². The predicted molar refractivity (Wildman–Crippen MR) is 61.3 cm³/mol. The molecule has 2 nitrogen and oxygen atoms in total. The SMILES string of the molecule is C=CC(=O)OC(F)(F)C(F)(F)C(F)(F)C(F)(F)C(F)(F)C(F)(F)CCC(F)(F)F. The smallest absolute Gasteiger partial charge is 0.393 e. The van der Waals surface area contributed by atoms with E-state index in [1.807, 2.05) is 0 Å². The molecule has 29 heavy (non-hydrogen) atoms. The second kappa shape index (κ2) is 7.45. The molecule has 0 aromatic carbocycles. The van der Waals surface area contributed by atoms with Gasteiger partial charge in [0.25, 0.3) is 0 Å². The molecule has 17 heteroatoms. The van der Waals surface area contributed by atoms with Crippen LogP contribution >= 0.6 is 0 Å². The molecule has 0 aromatic heterocycles. The van der Waals surface area contributed by atoms with E-state index in [1.54, 1.807) is 0 Å². The molecule has 0 bridgehead atoms. The van der Waals surface area contributed by atoms with E-state index in [2.05, 4.69) is 11.3 Å². The van der Waals surface area contributed by atoms with Crippen LogP contribution in [0.2, 0.25) is 0 Å². The molecule has 0 amide bonds. The van der Waals surface area contributed by atoms with Gasteiger partial charge in [0.05, 0.1) is 0 Å². The van der Waals surface area contributed by atoms with Crippen LogP contribution in [0.15, 0.2) is 12.7 Å². The number of hydrogen-bond acceptors (Lipinski definition) is 2. The van der Waals surface area contributed by atoms with Crippen molar-refractivity contribution in [3.63, 3.8) is 0 Å². The van der Waals surface area contributed by atoms with E-state index >= 15 is 0 Å². The number of ether oxygens (including phenoxy) is 1. The van der Waals surface area contributed by atoms with E-state index in [1.165, 1.54) is 0 Å². The van der Waals surface area contributed by atoms with Crippen LogP contribution in [-0.4, -0.2) is 47.9 Å². The summed E-state index contributed by atoms with van der Waals surface area (Å²) in [4.78, 5) is 10.4. The summed E-state index contributed by atoms with van der Waals surface area (Å²) in [5.74, 6) is -40.9. The Bertz CT molecular complexity index is 619. The van der Waals surface area contributed by atoms with Gasteiger partial charge in [-0.05, 0) is 0 Å². The monoisotopic (exact) mass is 468 g/mol. The van der Waals surface area contributed by atoms with Crippen molar-refractivity contribution in [2.75, 3.05) is 0 Å².